The monoisotopic (exact) mass is 193 g/mol. The Balaban J connectivity index is 2.07. The average molecular weight is 193 g/mol. The van der Waals surface area contributed by atoms with Gasteiger partial charge in [-0.05, 0) is 12.8 Å². The molecule has 1 aliphatic rings. The summed E-state index contributed by atoms with van der Waals surface area (Å²) in [6.45, 7) is 0. The van der Waals surface area contributed by atoms with Gasteiger partial charge in [-0.3, -0.25) is 0 Å². The van der Waals surface area contributed by atoms with Gasteiger partial charge in [0.15, 0.2) is 11.6 Å². The lowest BCUT2D eigenvalue weighted by Crippen LogP contribution is -1.98. The Labute approximate surface area is 79.1 Å². The highest BCUT2D eigenvalue weighted by Crippen LogP contribution is 2.30. The van der Waals surface area contributed by atoms with Crippen molar-refractivity contribution in [3.63, 3.8) is 0 Å². The van der Waals surface area contributed by atoms with E-state index in [0.717, 1.165) is 12.8 Å². The van der Waals surface area contributed by atoms with Crippen molar-refractivity contribution < 1.29 is 9.13 Å². The third-order valence-corrected chi connectivity index (χ3v) is 2.19. The molecule has 72 valence electrons. The van der Waals surface area contributed by atoms with Crippen molar-refractivity contribution in [2.45, 2.75) is 18.9 Å². The van der Waals surface area contributed by atoms with Crippen molar-refractivity contribution in [3.05, 3.63) is 17.9 Å². The number of aromatic amines is 1. The molecule has 1 N–H and O–H groups in total. The predicted molar refractivity (Wildman–Crippen MR) is 47.5 cm³/mol. The average Bonchev–Trinajstić information content (AvgIpc) is 2.85. The molecule has 3 rings (SSSR count). The number of aromatic nitrogens is 3. The third kappa shape index (κ3) is 1.21. The standard InChI is InChI=1S/C9H8FN3O/c10-6-3-7-8(12-13-11-7)4-9(6)14-5-1-2-5/h3-5H,1-2H2,(H,11,12,13). The molecule has 0 radical (unpaired) electrons. The van der Waals surface area contributed by atoms with Crippen LogP contribution in [0.5, 0.6) is 5.75 Å². The summed E-state index contributed by atoms with van der Waals surface area (Å²) >= 11 is 0. The Morgan fingerprint density at radius 1 is 1.29 bits per heavy atom. The SMILES string of the molecule is Fc1cc2n[nH]nc2cc1OC1CC1. The van der Waals surface area contributed by atoms with Crippen LogP contribution in [0.25, 0.3) is 11.0 Å². The molecule has 0 amide bonds. The third-order valence-electron chi connectivity index (χ3n) is 2.19. The molecular weight excluding hydrogens is 185 g/mol. The second-order valence-electron chi connectivity index (χ2n) is 3.41. The van der Waals surface area contributed by atoms with Crippen molar-refractivity contribution >= 4 is 11.0 Å². The van der Waals surface area contributed by atoms with E-state index in [4.69, 9.17) is 4.74 Å². The number of H-pyrrole nitrogens is 1. The molecule has 14 heavy (non-hydrogen) atoms. The zero-order valence-corrected chi connectivity index (χ0v) is 7.33. The van der Waals surface area contributed by atoms with E-state index in [1.54, 1.807) is 6.07 Å². The summed E-state index contributed by atoms with van der Waals surface area (Å²) in [6, 6.07) is 2.91. The lowest BCUT2D eigenvalue weighted by Gasteiger charge is -2.04. The molecule has 1 aromatic carbocycles. The number of nitrogens with one attached hydrogen (secondary N) is 1. The summed E-state index contributed by atoms with van der Waals surface area (Å²) in [6.07, 6.45) is 2.21. The summed E-state index contributed by atoms with van der Waals surface area (Å²) in [7, 11) is 0. The van der Waals surface area contributed by atoms with Gasteiger partial charge < -0.3 is 4.74 Å². The van der Waals surface area contributed by atoms with Gasteiger partial charge in [-0.25, -0.2) is 4.39 Å². The zero-order chi connectivity index (χ0) is 9.54. The molecule has 4 nitrogen and oxygen atoms in total. The molecule has 1 aromatic heterocycles. The molecule has 1 saturated carbocycles. The maximum atomic E-state index is 13.4. The van der Waals surface area contributed by atoms with Crippen molar-refractivity contribution in [2.75, 3.05) is 0 Å². The molecule has 1 aliphatic carbocycles. The molecule has 0 aliphatic heterocycles. The Hall–Kier alpha value is -1.65. The first kappa shape index (κ1) is 7.73. The van der Waals surface area contributed by atoms with Gasteiger partial charge in [0.1, 0.15) is 11.0 Å². The first-order chi connectivity index (χ1) is 6.83. The highest BCUT2D eigenvalue weighted by molar-refractivity contribution is 5.75. The minimum Gasteiger partial charge on any atom is -0.487 e. The smallest absolute Gasteiger partial charge is 0.167 e. The first-order valence-corrected chi connectivity index (χ1v) is 4.49. The van der Waals surface area contributed by atoms with E-state index < -0.39 is 0 Å². The van der Waals surface area contributed by atoms with Gasteiger partial charge in [-0.1, -0.05) is 0 Å². The summed E-state index contributed by atoms with van der Waals surface area (Å²) in [4.78, 5) is 0. The highest BCUT2D eigenvalue weighted by atomic mass is 19.1. The molecule has 1 fully saturated rings. The quantitative estimate of drug-likeness (QED) is 0.788. The fraction of sp³-hybridized carbons (Fsp3) is 0.333. The molecule has 5 heteroatoms. The van der Waals surface area contributed by atoms with Crippen LogP contribution in [0.2, 0.25) is 0 Å². The van der Waals surface area contributed by atoms with Crippen LogP contribution >= 0.6 is 0 Å². The van der Waals surface area contributed by atoms with Gasteiger partial charge in [-0.2, -0.15) is 15.4 Å². The predicted octanol–water partition coefficient (Wildman–Crippen LogP) is 1.64. The molecular formula is C9H8FN3O. The number of fused-ring (bicyclic) bond motifs is 1. The number of benzene rings is 1. The maximum Gasteiger partial charge on any atom is 0.167 e. The number of ether oxygens (including phenoxy) is 1. The number of nitrogens with zero attached hydrogens (tertiary/aromatic N) is 2. The van der Waals surface area contributed by atoms with E-state index in [2.05, 4.69) is 15.4 Å². The van der Waals surface area contributed by atoms with E-state index in [9.17, 15) is 4.39 Å². The fourth-order valence-corrected chi connectivity index (χ4v) is 1.30. The lowest BCUT2D eigenvalue weighted by atomic mass is 10.3. The molecule has 0 bridgehead atoms. The number of halogens is 1. The van der Waals surface area contributed by atoms with Crippen LogP contribution < -0.4 is 4.74 Å². The van der Waals surface area contributed by atoms with Gasteiger partial charge in [0.05, 0.1) is 6.10 Å². The maximum absolute atomic E-state index is 13.4. The number of hydrogen-bond acceptors (Lipinski definition) is 3. The molecule has 0 unspecified atom stereocenters. The molecule has 0 atom stereocenters. The zero-order valence-electron chi connectivity index (χ0n) is 7.33. The van der Waals surface area contributed by atoms with Crippen LogP contribution in [0.3, 0.4) is 0 Å². The number of rotatable bonds is 2. The second kappa shape index (κ2) is 2.67. The second-order valence-corrected chi connectivity index (χ2v) is 3.41. The Morgan fingerprint density at radius 3 is 2.71 bits per heavy atom. The minimum absolute atomic E-state index is 0.189. The van der Waals surface area contributed by atoms with E-state index in [1.807, 2.05) is 0 Å². The Morgan fingerprint density at radius 2 is 2.00 bits per heavy atom. The topological polar surface area (TPSA) is 50.8 Å². The van der Waals surface area contributed by atoms with Crippen LogP contribution in [0.1, 0.15) is 12.8 Å². The molecule has 0 saturated heterocycles. The van der Waals surface area contributed by atoms with Crippen molar-refractivity contribution in [2.24, 2.45) is 0 Å². The van der Waals surface area contributed by atoms with Gasteiger partial charge >= 0.3 is 0 Å². The van der Waals surface area contributed by atoms with E-state index in [0.29, 0.717) is 11.0 Å². The minimum atomic E-state index is -0.377. The van der Waals surface area contributed by atoms with Crippen LogP contribution in [-0.2, 0) is 0 Å². The first-order valence-electron chi connectivity index (χ1n) is 4.49. The largest absolute Gasteiger partial charge is 0.487 e. The van der Waals surface area contributed by atoms with E-state index >= 15 is 0 Å². The summed E-state index contributed by atoms with van der Waals surface area (Å²) in [5.74, 6) is -0.104. The van der Waals surface area contributed by atoms with Crippen LogP contribution in [0.15, 0.2) is 12.1 Å². The van der Waals surface area contributed by atoms with Crippen molar-refractivity contribution in [1.82, 2.24) is 15.4 Å². The summed E-state index contributed by atoms with van der Waals surface area (Å²) < 4.78 is 18.8. The summed E-state index contributed by atoms with van der Waals surface area (Å²) in [5.41, 5.74) is 1.15. The van der Waals surface area contributed by atoms with Crippen molar-refractivity contribution in [3.8, 4) is 5.75 Å². The number of hydrogen-bond donors (Lipinski definition) is 1. The van der Waals surface area contributed by atoms with E-state index in [1.165, 1.54) is 6.07 Å². The van der Waals surface area contributed by atoms with Crippen LogP contribution in [0.4, 0.5) is 4.39 Å². The van der Waals surface area contributed by atoms with Gasteiger partial charge in [-0.15, -0.1) is 0 Å². The van der Waals surface area contributed by atoms with Gasteiger partial charge in [0.2, 0.25) is 0 Å². The lowest BCUT2D eigenvalue weighted by molar-refractivity contribution is 0.288. The highest BCUT2D eigenvalue weighted by Gasteiger charge is 2.25. The molecule has 2 aromatic rings. The molecule has 0 spiro atoms. The van der Waals surface area contributed by atoms with Gasteiger partial charge in [0.25, 0.3) is 0 Å². The molecule has 1 heterocycles. The summed E-state index contributed by atoms with van der Waals surface area (Å²) in [5, 5.41) is 10.1. The Bertz CT molecular complexity index is 478. The normalized spacial score (nSPS) is 16.1. The van der Waals surface area contributed by atoms with Crippen molar-refractivity contribution in [1.29, 1.82) is 0 Å². The Kier molecular flexibility index (Phi) is 1.47. The van der Waals surface area contributed by atoms with Crippen LogP contribution in [-0.4, -0.2) is 21.5 Å². The van der Waals surface area contributed by atoms with E-state index in [-0.39, 0.29) is 17.7 Å². The fourth-order valence-electron chi connectivity index (χ4n) is 1.30. The van der Waals surface area contributed by atoms with Crippen LogP contribution in [0, 0.1) is 5.82 Å². The van der Waals surface area contributed by atoms with Gasteiger partial charge in [0, 0.05) is 12.1 Å².